The van der Waals surface area contributed by atoms with E-state index in [4.69, 9.17) is 0 Å². The molecule has 3 aromatic rings. The molecular formula is C16H19N5OS. The van der Waals surface area contributed by atoms with Gasteiger partial charge in [0.05, 0.1) is 22.8 Å². The van der Waals surface area contributed by atoms with Gasteiger partial charge in [0.15, 0.2) is 0 Å². The first kappa shape index (κ1) is 14.4. The first-order valence-electron chi connectivity index (χ1n) is 7.77. The van der Waals surface area contributed by atoms with E-state index in [1.165, 1.54) is 11.3 Å². The van der Waals surface area contributed by atoms with E-state index in [1.54, 1.807) is 4.68 Å². The third-order valence-corrected chi connectivity index (χ3v) is 5.72. The average Bonchev–Trinajstić information content (AvgIpc) is 3.26. The summed E-state index contributed by atoms with van der Waals surface area (Å²) in [7, 11) is 3.83. The van der Waals surface area contributed by atoms with Crippen molar-refractivity contribution >= 4 is 27.5 Å². The highest BCUT2D eigenvalue weighted by atomic mass is 32.1. The zero-order chi connectivity index (χ0) is 16.1. The van der Waals surface area contributed by atoms with Crippen LogP contribution in [0, 0.1) is 6.92 Å². The topological polar surface area (TPSA) is 56.0 Å². The fourth-order valence-corrected chi connectivity index (χ4v) is 4.50. The zero-order valence-electron chi connectivity index (χ0n) is 13.5. The van der Waals surface area contributed by atoms with Crippen LogP contribution in [-0.2, 0) is 14.1 Å². The highest BCUT2D eigenvalue weighted by Crippen LogP contribution is 2.35. The monoisotopic (exact) mass is 329 g/mol. The molecule has 3 aromatic heterocycles. The van der Waals surface area contributed by atoms with Gasteiger partial charge in [-0.2, -0.15) is 10.2 Å². The fraction of sp³-hybridized carbons (Fsp3) is 0.438. The molecule has 6 nitrogen and oxygen atoms in total. The normalized spacial score (nSPS) is 18.2. The second kappa shape index (κ2) is 5.19. The number of hydrogen-bond acceptors (Lipinski definition) is 4. The number of nitrogens with zero attached hydrogens (tertiary/aromatic N) is 5. The van der Waals surface area contributed by atoms with Crippen LogP contribution in [0.2, 0.25) is 0 Å². The van der Waals surface area contributed by atoms with Crippen molar-refractivity contribution in [2.45, 2.75) is 25.8 Å². The molecule has 1 fully saturated rings. The summed E-state index contributed by atoms with van der Waals surface area (Å²) in [4.78, 5) is 16.9. The lowest BCUT2D eigenvalue weighted by Gasteiger charge is -2.23. The summed E-state index contributed by atoms with van der Waals surface area (Å²) in [6, 6.07) is 2.13. The van der Waals surface area contributed by atoms with Gasteiger partial charge in [-0.3, -0.25) is 14.2 Å². The van der Waals surface area contributed by atoms with Gasteiger partial charge >= 0.3 is 0 Å². The van der Waals surface area contributed by atoms with Crippen LogP contribution < -0.4 is 0 Å². The van der Waals surface area contributed by atoms with Crippen molar-refractivity contribution in [3.05, 3.63) is 34.6 Å². The van der Waals surface area contributed by atoms with Crippen LogP contribution in [0.25, 0.3) is 10.2 Å². The number of hydrogen-bond donors (Lipinski definition) is 0. The lowest BCUT2D eigenvalue weighted by Crippen LogP contribution is -2.29. The molecule has 0 spiro atoms. The van der Waals surface area contributed by atoms with Gasteiger partial charge in [0.1, 0.15) is 4.83 Å². The molecule has 0 bridgehead atoms. The van der Waals surface area contributed by atoms with E-state index < -0.39 is 0 Å². The Morgan fingerprint density at radius 2 is 2.22 bits per heavy atom. The molecule has 1 amide bonds. The number of fused-ring (bicyclic) bond motifs is 1. The first-order valence-corrected chi connectivity index (χ1v) is 8.59. The quantitative estimate of drug-likeness (QED) is 0.726. The Kier molecular flexibility index (Phi) is 3.26. The summed E-state index contributed by atoms with van der Waals surface area (Å²) in [5.74, 6) is 0.122. The molecule has 0 aliphatic carbocycles. The van der Waals surface area contributed by atoms with Crippen LogP contribution in [0.4, 0.5) is 0 Å². The minimum atomic E-state index is 0.122. The summed E-state index contributed by atoms with van der Waals surface area (Å²) in [5.41, 5.74) is 2.10. The lowest BCUT2D eigenvalue weighted by atomic mass is 10.1. The predicted molar refractivity (Wildman–Crippen MR) is 89.5 cm³/mol. The smallest absolute Gasteiger partial charge is 0.264 e. The molecule has 0 saturated carbocycles. The van der Waals surface area contributed by atoms with E-state index >= 15 is 0 Å². The second-order valence-corrected chi connectivity index (χ2v) is 7.17. The third kappa shape index (κ3) is 2.26. The summed E-state index contributed by atoms with van der Waals surface area (Å²) in [6.45, 7) is 2.79. The molecule has 0 aromatic carbocycles. The molecular weight excluding hydrogens is 310 g/mol. The van der Waals surface area contributed by atoms with Crippen molar-refractivity contribution in [1.82, 2.24) is 24.5 Å². The molecule has 4 rings (SSSR count). The van der Waals surface area contributed by atoms with Crippen molar-refractivity contribution in [2.24, 2.45) is 14.1 Å². The number of likely N-dealkylation sites (tertiary alicyclic amines) is 1. The summed E-state index contributed by atoms with van der Waals surface area (Å²) < 4.78 is 3.65. The van der Waals surface area contributed by atoms with Gasteiger partial charge in [-0.1, -0.05) is 0 Å². The van der Waals surface area contributed by atoms with E-state index in [0.717, 1.165) is 45.7 Å². The van der Waals surface area contributed by atoms with Crippen molar-refractivity contribution in [3.63, 3.8) is 0 Å². The maximum absolute atomic E-state index is 13.0. The van der Waals surface area contributed by atoms with Gasteiger partial charge in [0.25, 0.3) is 5.91 Å². The van der Waals surface area contributed by atoms with Crippen LogP contribution in [0.5, 0.6) is 0 Å². The number of carbonyl (C=O) groups excluding carboxylic acids is 1. The van der Waals surface area contributed by atoms with Crippen LogP contribution in [0.3, 0.4) is 0 Å². The minimum Gasteiger partial charge on any atom is -0.331 e. The van der Waals surface area contributed by atoms with E-state index in [2.05, 4.69) is 10.2 Å². The van der Waals surface area contributed by atoms with Crippen molar-refractivity contribution in [1.29, 1.82) is 0 Å². The Hall–Kier alpha value is -2.15. The molecule has 1 aliphatic rings. The fourth-order valence-electron chi connectivity index (χ4n) is 3.42. The Morgan fingerprint density at radius 3 is 2.91 bits per heavy atom. The molecule has 1 atom stereocenters. The van der Waals surface area contributed by atoms with Gasteiger partial charge in [0, 0.05) is 37.8 Å². The standard InChI is InChI=1S/C16H19N5OS/c1-10-12-7-14(23-16(12)20(3)18-10)15(22)21-6-4-5-13(21)11-8-17-19(2)9-11/h7-9,13H,4-6H2,1-3H3. The van der Waals surface area contributed by atoms with Gasteiger partial charge < -0.3 is 4.90 Å². The van der Waals surface area contributed by atoms with Crippen LogP contribution in [0.1, 0.15) is 39.8 Å². The van der Waals surface area contributed by atoms with Crippen molar-refractivity contribution in [3.8, 4) is 0 Å². The Balaban J connectivity index is 1.67. The van der Waals surface area contributed by atoms with Crippen LogP contribution in [0.15, 0.2) is 18.5 Å². The summed E-state index contributed by atoms with van der Waals surface area (Å²) in [5, 5.41) is 9.73. The van der Waals surface area contributed by atoms with Crippen LogP contribution >= 0.6 is 11.3 Å². The number of aryl methyl sites for hydroxylation is 3. The number of thiophene rings is 1. The van der Waals surface area contributed by atoms with E-state index in [1.807, 2.05) is 49.1 Å². The Morgan fingerprint density at radius 1 is 1.39 bits per heavy atom. The average molecular weight is 329 g/mol. The molecule has 120 valence electrons. The second-order valence-electron chi connectivity index (χ2n) is 6.14. The van der Waals surface area contributed by atoms with E-state index in [0.29, 0.717) is 0 Å². The number of rotatable bonds is 2. The number of amides is 1. The van der Waals surface area contributed by atoms with Gasteiger partial charge in [0.2, 0.25) is 0 Å². The number of aromatic nitrogens is 4. The van der Waals surface area contributed by atoms with Crippen LogP contribution in [-0.4, -0.2) is 36.9 Å². The Labute approximate surface area is 138 Å². The van der Waals surface area contributed by atoms with Gasteiger partial charge in [-0.25, -0.2) is 0 Å². The predicted octanol–water partition coefficient (Wildman–Crippen LogP) is 2.65. The first-order chi connectivity index (χ1) is 11.0. The summed E-state index contributed by atoms with van der Waals surface area (Å²) >= 11 is 1.53. The van der Waals surface area contributed by atoms with Crippen molar-refractivity contribution < 1.29 is 4.79 Å². The lowest BCUT2D eigenvalue weighted by molar-refractivity contribution is 0.0740. The van der Waals surface area contributed by atoms with Gasteiger partial charge in [-0.05, 0) is 25.8 Å². The molecule has 1 unspecified atom stereocenters. The number of carbonyl (C=O) groups is 1. The van der Waals surface area contributed by atoms with Crippen molar-refractivity contribution in [2.75, 3.05) is 6.54 Å². The zero-order valence-corrected chi connectivity index (χ0v) is 14.3. The highest BCUT2D eigenvalue weighted by Gasteiger charge is 2.32. The molecule has 23 heavy (non-hydrogen) atoms. The molecule has 0 N–H and O–H groups in total. The maximum Gasteiger partial charge on any atom is 0.264 e. The largest absolute Gasteiger partial charge is 0.331 e. The molecule has 4 heterocycles. The third-order valence-electron chi connectivity index (χ3n) is 4.53. The SMILES string of the molecule is Cc1nn(C)c2sc(C(=O)N3CCCC3c3cnn(C)c3)cc12. The maximum atomic E-state index is 13.0. The molecule has 0 radical (unpaired) electrons. The molecule has 1 saturated heterocycles. The minimum absolute atomic E-state index is 0.122. The molecule has 1 aliphatic heterocycles. The van der Waals surface area contributed by atoms with E-state index in [-0.39, 0.29) is 11.9 Å². The summed E-state index contributed by atoms with van der Waals surface area (Å²) in [6.07, 6.45) is 5.92. The van der Waals surface area contributed by atoms with E-state index in [9.17, 15) is 4.79 Å². The Bertz CT molecular complexity index is 855. The van der Waals surface area contributed by atoms with Gasteiger partial charge in [-0.15, -0.1) is 11.3 Å². The highest BCUT2D eigenvalue weighted by molar-refractivity contribution is 7.20. The molecule has 7 heteroatoms.